The number of aromatic nitrogens is 2. The van der Waals surface area contributed by atoms with Crippen molar-refractivity contribution in [3.8, 4) is 6.07 Å². The summed E-state index contributed by atoms with van der Waals surface area (Å²) in [4.78, 5) is 20.9. The molecule has 1 aromatic heterocycles. The normalized spacial score (nSPS) is 10.2. The third-order valence-corrected chi connectivity index (χ3v) is 3.99. The maximum absolute atomic E-state index is 13.6. The van der Waals surface area contributed by atoms with Crippen LogP contribution in [0.5, 0.6) is 0 Å². The Balaban J connectivity index is 1.65. The monoisotopic (exact) mass is 375 g/mol. The van der Waals surface area contributed by atoms with Gasteiger partial charge in [0.25, 0.3) is 5.91 Å². The van der Waals surface area contributed by atoms with E-state index < -0.39 is 0 Å². The van der Waals surface area contributed by atoms with Gasteiger partial charge in [-0.1, -0.05) is 18.2 Å². The van der Waals surface area contributed by atoms with Crippen LogP contribution in [0.25, 0.3) is 0 Å². The van der Waals surface area contributed by atoms with Crippen LogP contribution in [-0.2, 0) is 6.42 Å². The van der Waals surface area contributed by atoms with Crippen molar-refractivity contribution in [1.29, 1.82) is 5.26 Å². The lowest BCUT2D eigenvalue weighted by molar-refractivity contribution is 0.0949. The first-order chi connectivity index (χ1) is 13.5. The van der Waals surface area contributed by atoms with Gasteiger partial charge in [0.2, 0.25) is 5.95 Å². The number of rotatable bonds is 6. The quantitative estimate of drug-likeness (QED) is 0.688. The molecule has 6 nitrogen and oxygen atoms in total. The van der Waals surface area contributed by atoms with Gasteiger partial charge in [0.1, 0.15) is 11.5 Å². The van der Waals surface area contributed by atoms with Crippen LogP contribution >= 0.6 is 0 Å². The van der Waals surface area contributed by atoms with E-state index in [0.29, 0.717) is 35.5 Å². The fourth-order valence-electron chi connectivity index (χ4n) is 2.60. The van der Waals surface area contributed by atoms with Crippen molar-refractivity contribution in [1.82, 2.24) is 15.3 Å². The van der Waals surface area contributed by atoms with E-state index in [1.807, 2.05) is 0 Å². The predicted octanol–water partition coefficient (Wildman–Crippen LogP) is 3.51. The first kappa shape index (κ1) is 19.0. The lowest BCUT2D eigenvalue weighted by atomic mass is 10.1. The number of nitriles is 1. The maximum Gasteiger partial charge on any atom is 0.270 e. The minimum Gasteiger partial charge on any atom is -0.350 e. The molecule has 7 heteroatoms. The van der Waals surface area contributed by atoms with E-state index in [4.69, 9.17) is 5.26 Å². The molecule has 0 radical (unpaired) electrons. The second-order valence-electron chi connectivity index (χ2n) is 6.13. The number of benzene rings is 2. The van der Waals surface area contributed by atoms with Crippen LogP contribution in [0.4, 0.5) is 16.0 Å². The number of hydrogen-bond donors (Lipinski definition) is 2. The van der Waals surface area contributed by atoms with Crippen LogP contribution < -0.4 is 10.6 Å². The highest BCUT2D eigenvalue weighted by molar-refractivity contribution is 5.92. The first-order valence-electron chi connectivity index (χ1n) is 8.69. The second-order valence-corrected chi connectivity index (χ2v) is 6.13. The first-order valence-corrected chi connectivity index (χ1v) is 8.69. The Morgan fingerprint density at radius 1 is 1.14 bits per heavy atom. The molecule has 0 aliphatic carbocycles. The van der Waals surface area contributed by atoms with Crippen LogP contribution in [0.1, 0.15) is 27.3 Å². The number of nitrogens with one attached hydrogen (secondary N) is 2. The number of nitrogens with zero attached hydrogens (tertiary/aromatic N) is 3. The molecule has 2 N–H and O–H groups in total. The molecule has 0 unspecified atom stereocenters. The summed E-state index contributed by atoms with van der Waals surface area (Å²) in [5, 5.41) is 14.6. The number of hydrogen-bond acceptors (Lipinski definition) is 5. The van der Waals surface area contributed by atoms with E-state index in [9.17, 15) is 9.18 Å². The van der Waals surface area contributed by atoms with Crippen LogP contribution in [0.2, 0.25) is 0 Å². The largest absolute Gasteiger partial charge is 0.350 e. The molecule has 0 aliphatic rings. The summed E-state index contributed by atoms with van der Waals surface area (Å²) >= 11 is 0. The second kappa shape index (κ2) is 8.73. The van der Waals surface area contributed by atoms with E-state index in [0.717, 1.165) is 0 Å². The van der Waals surface area contributed by atoms with Gasteiger partial charge in [-0.25, -0.2) is 14.4 Å². The summed E-state index contributed by atoms with van der Waals surface area (Å²) in [5.74, 6) is -0.364. The molecule has 3 aromatic rings. The zero-order chi connectivity index (χ0) is 19.9. The van der Waals surface area contributed by atoms with E-state index in [1.54, 1.807) is 55.5 Å². The average molecular weight is 375 g/mol. The minimum absolute atomic E-state index is 0.220. The van der Waals surface area contributed by atoms with Crippen LogP contribution in [0.3, 0.4) is 0 Å². The van der Waals surface area contributed by atoms with Crippen molar-refractivity contribution in [2.24, 2.45) is 0 Å². The van der Waals surface area contributed by atoms with Crippen molar-refractivity contribution >= 4 is 17.5 Å². The van der Waals surface area contributed by atoms with Gasteiger partial charge >= 0.3 is 0 Å². The standard InChI is InChI=1S/C21H18FN5O/c1-14-12-19(20(28)24-11-10-16-4-2-3-5-18(16)22)27-21(25-14)26-17-8-6-15(13-23)7-9-17/h2-9,12H,10-11H2,1H3,(H,24,28)(H,25,26,27). The summed E-state index contributed by atoms with van der Waals surface area (Å²) in [6.07, 6.45) is 0.388. The third kappa shape index (κ3) is 4.89. The number of amides is 1. The predicted molar refractivity (Wildman–Crippen MR) is 104 cm³/mol. The fraction of sp³-hybridized carbons (Fsp3) is 0.143. The van der Waals surface area contributed by atoms with Gasteiger partial charge in [-0.3, -0.25) is 4.79 Å². The minimum atomic E-state index is -0.357. The molecule has 0 bridgehead atoms. The summed E-state index contributed by atoms with van der Waals surface area (Å²) in [6.45, 7) is 2.06. The number of carbonyl (C=O) groups excluding carboxylic acids is 1. The molecule has 0 aliphatic heterocycles. The molecular weight excluding hydrogens is 357 g/mol. The van der Waals surface area contributed by atoms with Gasteiger partial charge in [-0.05, 0) is 55.3 Å². The van der Waals surface area contributed by atoms with Crippen molar-refractivity contribution in [2.75, 3.05) is 11.9 Å². The molecule has 1 heterocycles. The molecule has 0 spiro atoms. The van der Waals surface area contributed by atoms with Crippen molar-refractivity contribution < 1.29 is 9.18 Å². The van der Waals surface area contributed by atoms with Gasteiger partial charge in [-0.2, -0.15) is 5.26 Å². The number of halogens is 1. The van der Waals surface area contributed by atoms with Gasteiger partial charge in [0.15, 0.2) is 0 Å². The zero-order valence-corrected chi connectivity index (χ0v) is 15.2. The Morgan fingerprint density at radius 3 is 2.61 bits per heavy atom. The fourth-order valence-corrected chi connectivity index (χ4v) is 2.60. The Hall–Kier alpha value is -3.79. The topological polar surface area (TPSA) is 90.7 Å². The lowest BCUT2D eigenvalue weighted by Crippen LogP contribution is -2.27. The van der Waals surface area contributed by atoms with Gasteiger partial charge in [0.05, 0.1) is 11.6 Å². The highest BCUT2D eigenvalue weighted by atomic mass is 19.1. The molecule has 0 saturated heterocycles. The molecule has 0 saturated carbocycles. The Kier molecular flexibility index (Phi) is 5.92. The Labute approximate surface area is 162 Å². The van der Waals surface area contributed by atoms with E-state index >= 15 is 0 Å². The molecule has 0 fully saturated rings. The summed E-state index contributed by atoms with van der Waals surface area (Å²) in [6, 6.07) is 16.9. The van der Waals surface area contributed by atoms with Crippen molar-refractivity contribution in [3.63, 3.8) is 0 Å². The van der Waals surface area contributed by atoms with Crippen LogP contribution in [0.15, 0.2) is 54.6 Å². The van der Waals surface area contributed by atoms with Crippen LogP contribution in [0, 0.1) is 24.1 Å². The Morgan fingerprint density at radius 2 is 1.89 bits per heavy atom. The molecule has 2 aromatic carbocycles. The molecule has 0 atom stereocenters. The van der Waals surface area contributed by atoms with Crippen molar-refractivity contribution in [2.45, 2.75) is 13.3 Å². The van der Waals surface area contributed by atoms with Crippen LogP contribution in [-0.4, -0.2) is 22.4 Å². The molecule has 1 amide bonds. The average Bonchev–Trinajstić information content (AvgIpc) is 2.69. The van der Waals surface area contributed by atoms with Gasteiger partial charge < -0.3 is 10.6 Å². The number of anilines is 2. The molecule has 3 rings (SSSR count). The summed E-state index contributed by atoms with van der Waals surface area (Å²) < 4.78 is 13.6. The SMILES string of the molecule is Cc1cc(C(=O)NCCc2ccccc2F)nc(Nc2ccc(C#N)cc2)n1. The lowest BCUT2D eigenvalue weighted by Gasteiger charge is -2.09. The van der Waals surface area contributed by atoms with Crippen molar-refractivity contribution in [3.05, 3.63) is 82.9 Å². The molecular formula is C21H18FN5O. The third-order valence-electron chi connectivity index (χ3n) is 3.99. The van der Waals surface area contributed by atoms with Gasteiger partial charge in [-0.15, -0.1) is 0 Å². The molecule has 140 valence electrons. The van der Waals surface area contributed by atoms with E-state index in [2.05, 4.69) is 26.7 Å². The maximum atomic E-state index is 13.6. The smallest absolute Gasteiger partial charge is 0.270 e. The zero-order valence-electron chi connectivity index (χ0n) is 15.2. The van der Waals surface area contributed by atoms with E-state index in [1.165, 1.54) is 6.07 Å². The summed E-state index contributed by atoms with van der Waals surface area (Å²) in [5.41, 5.74) is 2.65. The van der Waals surface area contributed by atoms with E-state index in [-0.39, 0.29) is 23.4 Å². The highest BCUT2D eigenvalue weighted by Gasteiger charge is 2.11. The number of carbonyl (C=O) groups is 1. The Bertz CT molecular complexity index is 1030. The molecule has 28 heavy (non-hydrogen) atoms. The number of aryl methyl sites for hydroxylation is 1. The summed E-state index contributed by atoms with van der Waals surface area (Å²) in [7, 11) is 0. The highest BCUT2D eigenvalue weighted by Crippen LogP contribution is 2.15. The van der Waals surface area contributed by atoms with Gasteiger partial charge in [0, 0.05) is 17.9 Å².